The molecule has 5 aliphatic rings. The van der Waals surface area contributed by atoms with Crippen LogP contribution in [0, 0.1) is 17.0 Å². The largest absolute Gasteiger partial charge is 0.508 e. The highest BCUT2D eigenvalue weighted by Gasteiger charge is 2.48. The van der Waals surface area contributed by atoms with Gasteiger partial charge in [-0.3, -0.25) is 4.90 Å². The maximum absolute atomic E-state index is 17.2. The fraction of sp³-hybridized carbons (Fsp3) is 0.538. The summed E-state index contributed by atoms with van der Waals surface area (Å²) in [5, 5.41) is 15.9. The van der Waals surface area contributed by atoms with Crippen LogP contribution in [0.3, 0.4) is 0 Å². The van der Waals surface area contributed by atoms with Gasteiger partial charge in [-0.15, -0.1) is 0 Å². The number of carbonyl (C=O) groups is 1. The number of phenols is 1. The standard InChI is InChI=1S/C39H45F2N7O5/c1-4-25-27(40)9-7-21-14-24(49)15-26(30(21)25)33-32(41)34-31-35(48-16-22-8-10-28(42-22)29(48)18-51-36(31)43-33)45-37(44-34)53-20-39(11-12-39)19-47-13-5-6-23(47)17-52-38(50)46(2)3/h7,9,14-15,22-23,28-29,42,49H,4-6,8,10-13,16-20H2,1-3H3/t22-,23-,28+,29-/m1/s1. The molecule has 9 rings (SSSR count). The van der Waals surface area contributed by atoms with E-state index in [0.29, 0.717) is 60.3 Å². The highest BCUT2D eigenvalue weighted by Crippen LogP contribution is 2.49. The molecule has 4 atom stereocenters. The lowest BCUT2D eigenvalue weighted by atomic mass is 9.94. The summed E-state index contributed by atoms with van der Waals surface area (Å²) in [4.78, 5) is 32.6. The van der Waals surface area contributed by atoms with Crippen LogP contribution in [0.1, 0.15) is 51.0 Å². The van der Waals surface area contributed by atoms with Gasteiger partial charge < -0.3 is 34.4 Å². The van der Waals surface area contributed by atoms with Crippen molar-refractivity contribution < 1.29 is 32.9 Å². The number of hydrogen-bond donors (Lipinski definition) is 2. The highest BCUT2D eigenvalue weighted by atomic mass is 19.1. The number of pyridine rings is 1. The van der Waals surface area contributed by atoms with E-state index in [9.17, 15) is 9.90 Å². The van der Waals surface area contributed by atoms with Crippen molar-refractivity contribution in [3.63, 3.8) is 0 Å². The predicted octanol–water partition coefficient (Wildman–Crippen LogP) is 5.41. The Hall–Kier alpha value is -4.56. The van der Waals surface area contributed by atoms with Crippen LogP contribution in [0.2, 0.25) is 0 Å². The summed E-state index contributed by atoms with van der Waals surface area (Å²) in [6.07, 6.45) is 5.97. The maximum atomic E-state index is 17.2. The molecule has 2 aromatic carbocycles. The molecule has 53 heavy (non-hydrogen) atoms. The molecule has 6 heterocycles. The van der Waals surface area contributed by atoms with Crippen LogP contribution in [0.15, 0.2) is 24.3 Å². The number of amides is 1. The molecule has 12 nitrogen and oxygen atoms in total. The molecule has 1 amide bonds. The van der Waals surface area contributed by atoms with Gasteiger partial charge in [0, 0.05) is 56.3 Å². The number of rotatable bonds is 9. The molecular formula is C39H45F2N7O5. The van der Waals surface area contributed by atoms with Gasteiger partial charge in [-0.25, -0.2) is 18.6 Å². The van der Waals surface area contributed by atoms with E-state index in [4.69, 9.17) is 29.2 Å². The fourth-order valence-electron chi connectivity index (χ4n) is 8.95. The number of aromatic hydroxyl groups is 1. The molecular weight excluding hydrogens is 684 g/mol. The van der Waals surface area contributed by atoms with Crippen LogP contribution in [-0.2, 0) is 11.2 Å². The second kappa shape index (κ2) is 13.1. The summed E-state index contributed by atoms with van der Waals surface area (Å²) >= 11 is 0. The first-order chi connectivity index (χ1) is 25.6. The third kappa shape index (κ3) is 6.03. The number of aryl methyl sites for hydroxylation is 1. The fourth-order valence-corrected chi connectivity index (χ4v) is 8.95. The Balaban J connectivity index is 1.10. The number of halogens is 2. The SMILES string of the molecule is CCc1c(F)ccc2cc(O)cc(-c3nc4c5c(nc(OCC6(CN7CCC[C@@H]7COC(=O)N(C)C)CC6)nc5c3F)N3C[C@H]5CC[C@H](N5)[C@H]3CO4)c12. The van der Waals surface area contributed by atoms with Crippen molar-refractivity contribution >= 4 is 33.6 Å². The third-order valence-corrected chi connectivity index (χ3v) is 12.0. The Morgan fingerprint density at radius 2 is 1.98 bits per heavy atom. The minimum atomic E-state index is -0.719. The highest BCUT2D eigenvalue weighted by molar-refractivity contribution is 6.03. The van der Waals surface area contributed by atoms with Gasteiger partial charge in [0.1, 0.15) is 47.2 Å². The molecule has 1 aliphatic carbocycles. The zero-order chi connectivity index (χ0) is 36.6. The van der Waals surface area contributed by atoms with Crippen molar-refractivity contribution in [2.45, 2.75) is 76.0 Å². The Labute approximate surface area is 306 Å². The molecule has 4 aromatic rings. The van der Waals surface area contributed by atoms with E-state index >= 15 is 8.78 Å². The Bertz CT molecular complexity index is 2110. The van der Waals surface area contributed by atoms with Crippen LogP contribution < -0.4 is 19.7 Å². The quantitative estimate of drug-likeness (QED) is 0.230. The molecule has 0 spiro atoms. The number of phenolic OH excluding ortho intramolecular Hbond substituents is 1. The van der Waals surface area contributed by atoms with Crippen molar-refractivity contribution in [3.8, 4) is 28.9 Å². The summed E-state index contributed by atoms with van der Waals surface area (Å²) < 4.78 is 50.8. The Kier molecular flexibility index (Phi) is 8.45. The molecule has 0 radical (unpaired) electrons. The second-order valence-electron chi connectivity index (χ2n) is 15.7. The van der Waals surface area contributed by atoms with E-state index in [2.05, 4.69) is 15.1 Å². The van der Waals surface area contributed by atoms with Gasteiger partial charge in [-0.1, -0.05) is 13.0 Å². The summed E-state index contributed by atoms with van der Waals surface area (Å²) in [7, 11) is 3.36. The Morgan fingerprint density at radius 1 is 1.13 bits per heavy atom. The number of piperazine rings is 1. The number of carbonyl (C=O) groups excluding carboxylic acids is 1. The summed E-state index contributed by atoms with van der Waals surface area (Å²) in [6, 6.07) is 6.52. The molecule has 280 valence electrons. The van der Waals surface area contributed by atoms with Crippen molar-refractivity contribution in [2.75, 3.05) is 58.5 Å². The monoisotopic (exact) mass is 729 g/mol. The van der Waals surface area contributed by atoms with E-state index in [1.807, 2.05) is 6.92 Å². The van der Waals surface area contributed by atoms with Crippen LogP contribution in [0.4, 0.5) is 19.4 Å². The van der Waals surface area contributed by atoms with Crippen LogP contribution >= 0.6 is 0 Å². The van der Waals surface area contributed by atoms with Gasteiger partial charge >= 0.3 is 12.1 Å². The Morgan fingerprint density at radius 3 is 2.77 bits per heavy atom. The average Bonchev–Trinajstić information content (AvgIpc) is 3.65. The lowest BCUT2D eigenvalue weighted by Crippen LogP contribution is -2.60. The molecule has 3 saturated heterocycles. The summed E-state index contributed by atoms with van der Waals surface area (Å²) in [5.74, 6) is -0.489. The van der Waals surface area contributed by atoms with E-state index in [1.165, 1.54) is 17.0 Å². The number of benzene rings is 2. The van der Waals surface area contributed by atoms with E-state index in [0.717, 1.165) is 51.6 Å². The maximum Gasteiger partial charge on any atom is 0.409 e. The van der Waals surface area contributed by atoms with Gasteiger partial charge in [-0.05, 0) is 86.0 Å². The first kappa shape index (κ1) is 34.2. The number of anilines is 1. The minimum Gasteiger partial charge on any atom is -0.508 e. The van der Waals surface area contributed by atoms with E-state index in [1.54, 1.807) is 26.2 Å². The average molecular weight is 730 g/mol. The summed E-state index contributed by atoms with van der Waals surface area (Å²) in [6.45, 7) is 5.24. The number of hydrogen-bond acceptors (Lipinski definition) is 11. The van der Waals surface area contributed by atoms with Gasteiger partial charge in [0.05, 0.1) is 12.6 Å². The number of likely N-dealkylation sites (tertiary alicyclic amines) is 1. The number of nitrogens with zero attached hydrogens (tertiary/aromatic N) is 6. The topological polar surface area (TPSA) is 125 Å². The predicted molar refractivity (Wildman–Crippen MR) is 195 cm³/mol. The van der Waals surface area contributed by atoms with Crippen LogP contribution in [-0.4, -0.2) is 114 Å². The van der Waals surface area contributed by atoms with Crippen molar-refractivity contribution in [1.29, 1.82) is 0 Å². The van der Waals surface area contributed by atoms with E-state index in [-0.39, 0.29) is 70.1 Å². The molecule has 4 aliphatic heterocycles. The molecule has 1 saturated carbocycles. The molecule has 4 fully saturated rings. The first-order valence-corrected chi connectivity index (χ1v) is 18.8. The van der Waals surface area contributed by atoms with Crippen molar-refractivity contribution in [1.82, 2.24) is 30.1 Å². The normalized spacial score (nSPS) is 24.2. The molecule has 0 unspecified atom stereocenters. The lowest BCUT2D eigenvalue weighted by Gasteiger charge is -2.40. The van der Waals surface area contributed by atoms with Gasteiger partial charge in [0.25, 0.3) is 0 Å². The van der Waals surface area contributed by atoms with Gasteiger partial charge in [0.15, 0.2) is 5.82 Å². The van der Waals surface area contributed by atoms with Crippen molar-refractivity contribution in [3.05, 3.63) is 41.5 Å². The van der Waals surface area contributed by atoms with Crippen molar-refractivity contribution in [2.24, 2.45) is 5.41 Å². The smallest absolute Gasteiger partial charge is 0.409 e. The molecule has 2 aromatic heterocycles. The lowest BCUT2D eigenvalue weighted by molar-refractivity contribution is 0.0748. The summed E-state index contributed by atoms with van der Waals surface area (Å²) in [5.41, 5.74) is 0.471. The number of nitrogens with one attached hydrogen (secondary N) is 1. The van der Waals surface area contributed by atoms with Gasteiger partial charge in [0.2, 0.25) is 5.88 Å². The number of aromatic nitrogens is 3. The van der Waals surface area contributed by atoms with E-state index < -0.39 is 11.6 Å². The molecule has 2 bridgehead atoms. The second-order valence-corrected chi connectivity index (χ2v) is 15.7. The molecule has 14 heteroatoms. The third-order valence-electron chi connectivity index (χ3n) is 12.0. The van der Waals surface area contributed by atoms with Crippen LogP contribution in [0.5, 0.6) is 17.6 Å². The zero-order valence-corrected chi connectivity index (χ0v) is 30.3. The first-order valence-electron chi connectivity index (χ1n) is 18.8. The minimum absolute atomic E-state index is 0.00892. The van der Waals surface area contributed by atoms with Crippen LogP contribution in [0.25, 0.3) is 32.9 Å². The zero-order valence-electron chi connectivity index (χ0n) is 30.3. The number of fused-ring (bicyclic) bond motifs is 6. The molecule has 2 N–H and O–H groups in total. The number of ether oxygens (including phenoxy) is 3. The van der Waals surface area contributed by atoms with Gasteiger partial charge in [-0.2, -0.15) is 9.97 Å².